The zero-order chi connectivity index (χ0) is 32.3. The minimum atomic E-state index is 0.865. The van der Waals surface area contributed by atoms with E-state index >= 15 is 0 Å². The molecule has 0 amide bonds. The largest absolute Gasteiger partial charge is 0.456 e. The van der Waals surface area contributed by atoms with E-state index in [1.54, 1.807) is 0 Å². The Morgan fingerprint density at radius 1 is 0.306 bits per heavy atom. The van der Waals surface area contributed by atoms with Gasteiger partial charge in [0.1, 0.15) is 22.3 Å². The van der Waals surface area contributed by atoms with Crippen LogP contribution in [0.4, 0.5) is 17.1 Å². The van der Waals surface area contributed by atoms with Crippen molar-refractivity contribution in [2.75, 3.05) is 4.90 Å². The van der Waals surface area contributed by atoms with Crippen molar-refractivity contribution in [1.29, 1.82) is 0 Å². The van der Waals surface area contributed by atoms with Gasteiger partial charge in [-0.3, -0.25) is 0 Å². The highest BCUT2D eigenvalue weighted by Crippen LogP contribution is 2.41. The number of benzene rings is 8. The summed E-state index contributed by atoms with van der Waals surface area (Å²) in [6.07, 6.45) is 0. The Balaban J connectivity index is 1.12. The van der Waals surface area contributed by atoms with Crippen LogP contribution in [0, 0.1) is 0 Å². The molecular weight excluding hydrogens is 599 g/mol. The van der Waals surface area contributed by atoms with Crippen LogP contribution in [0.3, 0.4) is 0 Å². The van der Waals surface area contributed by atoms with Gasteiger partial charge in [-0.2, -0.15) is 0 Å². The van der Waals surface area contributed by atoms with Crippen LogP contribution in [0.5, 0.6) is 0 Å². The Labute approximate surface area is 282 Å². The average molecular weight is 628 g/mol. The molecule has 0 saturated heterocycles. The van der Waals surface area contributed by atoms with Gasteiger partial charge in [0, 0.05) is 44.7 Å². The van der Waals surface area contributed by atoms with Crippen molar-refractivity contribution in [2.45, 2.75) is 0 Å². The van der Waals surface area contributed by atoms with E-state index in [1.165, 1.54) is 21.9 Å². The first kappa shape index (κ1) is 27.5. The maximum Gasteiger partial charge on any atom is 0.137 e. The summed E-state index contributed by atoms with van der Waals surface area (Å²) in [6, 6.07) is 62.2. The normalized spacial score (nSPS) is 11.7. The van der Waals surface area contributed by atoms with Gasteiger partial charge in [-0.15, -0.1) is 0 Å². The summed E-state index contributed by atoms with van der Waals surface area (Å²) in [4.78, 5) is 2.31. The number of fused-ring (bicyclic) bond motifs is 7. The van der Waals surface area contributed by atoms with E-state index in [4.69, 9.17) is 8.83 Å². The molecule has 0 fully saturated rings. The van der Waals surface area contributed by atoms with Crippen molar-refractivity contribution in [3.05, 3.63) is 176 Å². The summed E-state index contributed by atoms with van der Waals surface area (Å²) in [5, 5.41) is 6.97. The standard InChI is InChI=1S/C46H29NO2/c1-2-13-37-30(9-1)10-8-16-38(37)31-19-22-34(23-20-31)47(36-24-25-41-39-14-3-5-17-43(39)49-46(41)29-36)35-12-7-11-32(27-35)33-21-26-45-42(28-33)40-15-4-6-18-44(40)48-45/h1-29H. The summed E-state index contributed by atoms with van der Waals surface area (Å²) in [5.74, 6) is 0. The van der Waals surface area contributed by atoms with Gasteiger partial charge < -0.3 is 13.7 Å². The van der Waals surface area contributed by atoms with E-state index in [-0.39, 0.29) is 0 Å². The molecule has 0 aliphatic carbocycles. The fraction of sp³-hybridized carbons (Fsp3) is 0. The molecule has 230 valence electrons. The van der Waals surface area contributed by atoms with Gasteiger partial charge in [-0.1, -0.05) is 109 Å². The summed E-state index contributed by atoms with van der Waals surface area (Å²) < 4.78 is 12.5. The molecule has 0 aliphatic rings. The Bertz CT molecular complexity index is 2830. The lowest BCUT2D eigenvalue weighted by Crippen LogP contribution is -2.10. The molecule has 8 aromatic carbocycles. The smallest absolute Gasteiger partial charge is 0.137 e. The molecule has 10 rings (SSSR count). The van der Waals surface area contributed by atoms with Crippen molar-refractivity contribution >= 4 is 71.7 Å². The Hall–Kier alpha value is -6.58. The van der Waals surface area contributed by atoms with Crippen LogP contribution in [0.1, 0.15) is 0 Å². The lowest BCUT2D eigenvalue weighted by molar-refractivity contribution is 0.668. The highest BCUT2D eigenvalue weighted by molar-refractivity contribution is 6.07. The second kappa shape index (κ2) is 11.0. The number of para-hydroxylation sites is 2. The van der Waals surface area contributed by atoms with Crippen LogP contribution in [0.25, 0.3) is 76.9 Å². The minimum absolute atomic E-state index is 0.865. The molecule has 0 bridgehead atoms. The number of anilines is 3. The van der Waals surface area contributed by atoms with Gasteiger partial charge in [0.05, 0.1) is 0 Å². The maximum absolute atomic E-state index is 6.36. The molecule has 49 heavy (non-hydrogen) atoms. The van der Waals surface area contributed by atoms with Gasteiger partial charge >= 0.3 is 0 Å². The molecule has 3 heteroatoms. The first-order valence-electron chi connectivity index (χ1n) is 16.6. The monoisotopic (exact) mass is 627 g/mol. The van der Waals surface area contributed by atoms with Crippen molar-refractivity contribution < 1.29 is 8.83 Å². The van der Waals surface area contributed by atoms with Crippen molar-refractivity contribution in [3.8, 4) is 22.3 Å². The summed E-state index contributed by atoms with van der Waals surface area (Å²) >= 11 is 0. The molecular formula is C46H29NO2. The Morgan fingerprint density at radius 3 is 1.71 bits per heavy atom. The topological polar surface area (TPSA) is 29.5 Å². The molecule has 0 aliphatic heterocycles. The van der Waals surface area contributed by atoms with E-state index in [1.807, 2.05) is 24.3 Å². The van der Waals surface area contributed by atoms with E-state index in [0.717, 1.165) is 72.1 Å². The van der Waals surface area contributed by atoms with Crippen LogP contribution in [-0.4, -0.2) is 0 Å². The second-order valence-corrected chi connectivity index (χ2v) is 12.5. The summed E-state index contributed by atoms with van der Waals surface area (Å²) in [7, 11) is 0. The lowest BCUT2D eigenvalue weighted by atomic mass is 9.98. The Morgan fingerprint density at radius 2 is 0.878 bits per heavy atom. The van der Waals surface area contributed by atoms with Gasteiger partial charge in [-0.25, -0.2) is 0 Å². The predicted molar refractivity (Wildman–Crippen MR) is 204 cm³/mol. The molecule has 3 nitrogen and oxygen atoms in total. The number of furan rings is 2. The van der Waals surface area contributed by atoms with Gasteiger partial charge in [-0.05, 0) is 93.7 Å². The summed E-state index contributed by atoms with van der Waals surface area (Å²) in [5.41, 5.74) is 11.4. The van der Waals surface area contributed by atoms with E-state index in [9.17, 15) is 0 Å². The van der Waals surface area contributed by atoms with Crippen molar-refractivity contribution in [3.63, 3.8) is 0 Å². The minimum Gasteiger partial charge on any atom is -0.456 e. The molecule has 0 N–H and O–H groups in total. The SMILES string of the molecule is c1cc(-c2ccc3oc4ccccc4c3c2)cc(N(c2ccc(-c3cccc4ccccc34)cc2)c2ccc3c(c2)oc2ccccc23)c1. The summed E-state index contributed by atoms with van der Waals surface area (Å²) in [6.45, 7) is 0. The average Bonchev–Trinajstić information content (AvgIpc) is 3.73. The first-order chi connectivity index (χ1) is 24.3. The Kier molecular flexibility index (Phi) is 6.18. The van der Waals surface area contributed by atoms with Gasteiger partial charge in [0.2, 0.25) is 0 Å². The molecule has 0 saturated carbocycles. The fourth-order valence-electron chi connectivity index (χ4n) is 7.30. The van der Waals surface area contributed by atoms with E-state index in [2.05, 4.69) is 157 Å². The molecule has 0 atom stereocenters. The highest BCUT2D eigenvalue weighted by Gasteiger charge is 2.17. The number of rotatable bonds is 5. The maximum atomic E-state index is 6.36. The third-order valence-electron chi connectivity index (χ3n) is 9.66. The number of hydrogen-bond donors (Lipinski definition) is 0. The lowest BCUT2D eigenvalue weighted by Gasteiger charge is -2.26. The van der Waals surface area contributed by atoms with E-state index in [0.29, 0.717) is 0 Å². The number of nitrogens with zero attached hydrogens (tertiary/aromatic N) is 1. The highest BCUT2D eigenvalue weighted by atomic mass is 16.3. The second-order valence-electron chi connectivity index (χ2n) is 12.5. The third kappa shape index (κ3) is 4.59. The van der Waals surface area contributed by atoms with E-state index < -0.39 is 0 Å². The fourth-order valence-corrected chi connectivity index (χ4v) is 7.30. The first-order valence-corrected chi connectivity index (χ1v) is 16.6. The van der Waals surface area contributed by atoms with Crippen molar-refractivity contribution in [2.24, 2.45) is 0 Å². The van der Waals surface area contributed by atoms with Gasteiger partial charge in [0.15, 0.2) is 0 Å². The third-order valence-corrected chi connectivity index (χ3v) is 9.66. The van der Waals surface area contributed by atoms with Crippen LogP contribution in [0.15, 0.2) is 185 Å². The predicted octanol–water partition coefficient (Wildman–Crippen LogP) is 13.4. The molecule has 2 heterocycles. The van der Waals surface area contributed by atoms with Crippen LogP contribution in [0.2, 0.25) is 0 Å². The molecule has 2 aromatic heterocycles. The molecule has 0 radical (unpaired) electrons. The molecule has 10 aromatic rings. The van der Waals surface area contributed by atoms with Crippen LogP contribution in [-0.2, 0) is 0 Å². The number of hydrogen-bond acceptors (Lipinski definition) is 3. The van der Waals surface area contributed by atoms with Crippen molar-refractivity contribution in [1.82, 2.24) is 0 Å². The quantitative estimate of drug-likeness (QED) is 0.190. The van der Waals surface area contributed by atoms with Crippen LogP contribution >= 0.6 is 0 Å². The van der Waals surface area contributed by atoms with Crippen LogP contribution < -0.4 is 4.90 Å². The molecule has 0 spiro atoms. The zero-order valence-corrected chi connectivity index (χ0v) is 26.5. The zero-order valence-electron chi connectivity index (χ0n) is 26.5. The molecule has 0 unspecified atom stereocenters. The van der Waals surface area contributed by atoms with Gasteiger partial charge in [0.25, 0.3) is 0 Å².